The molecule has 32 heavy (non-hydrogen) atoms. The van der Waals surface area contributed by atoms with E-state index in [9.17, 15) is 29.4 Å². The molecule has 0 radical (unpaired) electrons. The van der Waals surface area contributed by atoms with E-state index < -0.39 is 11.9 Å². The summed E-state index contributed by atoms with van der Waals surface area (Å²) in [6, 6.07) is 13.3. The molecule has 2 N–H and O–H groups in total. The minimum absolute atomic E-state index is 0.0199. The highest BCUT2D eigenvalue weighted by Crippen LogP contribution is 2.26. The third-order valence-electron chi connectivity index (χ3n) is 4.45. The van der Waals surface area contributed by atoms with Gasteiger partial charge < -0.3 is 19.7 Å². The Balaban J connectivity index is 1.74. The average molecular weight is 434 g/mol. The van der Waals surface area contributed by atoms with Crippen LogP contribution in [0.4, 0.5) is 0 Å². The lowest BCUT2D eigenvalue weighted by Gasteiger charge is -2.09. The van der Waals surface area contributed by atoms with E-state index in [1.54, 1.807) is 0 Å². The van der Waals surface area contributed by atoms with Gasteiger partial charge in [-0.3, -0.25) is 9.59 Å². The van der Waals surface area contributed by atoms with Crippen LogP contribution in [0.25, 0.3) is 0 Å². The molecule has 3 rings (SSSR count). The zero-order valence-corrected chi connectivity index (χ0v) is 17.1. The smallest absolute Gasteiger partial charge is 0.343 e. The van der Waals surface area contributed by atoms with Crippen molar-refractivity contribution in [3.63, 3.8) is 0 Å². The van der Waals surface area contributed by atoms with Crippen molar-refractivity contribution in [1.82, 2.24) is 0 Å². The molecular weight excluding hydrogens is 416 g/mol. The Kier molecular flexibility index (Phi) is 6.34. The van der Waals surface area contributed by atoms with Gasteiger partial charge >= 0.3 is 11.9 Å². The van der Waals surface area contributed by atoms with Gasteiger partial charge in [-0.05, 0) is 56.3 Å². The van der Waals surface area contributed by atoms with Crippen LogP contribution in [0.1, 0.15) is 55.3 Å². The highest BCUT2D eigenvalue weighted by Gasteiger charge is 2.16. The number of carbonyl (C=O) groups is 4. The van der Waals surface area contributed by atoms with Crippen molar-refractivity contribution >= 4 is 23.5 Å². The van der Waals surface area contributed by atoms with Gasteiger partial charge in [0, 0.05) is 12.1 Å². The number of ketones is 2. The molecule has 0 heterocycles. The number of hydrogen-bond donors (Lipinski definition) is 2. The van der Waals surface area contributed by atoms with Gasteiger partial charge in [0.1, 0.15) is 23.0 Å². The van der Waals surface area contributed by atoms with Gasteiger partial charge in [-0.15, -0.1) is 0 Å². The first kappa shape index (κ1) is 22.2. The Morgan fingerprint density at radius 1 is 0.625 bits per heavy atom. The van der Waals surface area contributed by atoms with Crippen LogP contribution in [0.15, 0.2) is 60.7 Å². The monoisotopic (exact) mass is 434 g/mol. The lowest BCUT2D eigenvalue weighted by molar-refractivity contribution is 0.0734. The molecule has 0 atom stereocenters. The van der Waals surface area contributed by atoms with E-state index in [4.69, 9.17) is 9.47 Å². The number of phenols is 2. The third kappa shape index (κ3) is 4.99. The highest BCUT2D eigenvalue weighted by molar-refractivity contribution is 5.99. The average Bonchev–Trinajstić information content (AvgIpc) is 2.73. The van der Waals surface area contributed by atoms with Crippen molar-refractivity contribution in [2.75, 3.05) is 0 Å². The number of carbonyl (C=O) groups excluding carboxylic acids is 4. The number of rotatable bonds is 6. The predicted molar refractivity (Wildman–Crippen MR) is 113 cm³/mol. The largest absolute Gasteiger partial charge is 0.507 e. The summed E-state index contributed by atoms with van der Waals surface area (Å²) in [7, 11) is 0. The second-order valence-electron chi connectivity index (χ2n) is 6.83. The van der Waals surface area contributed by atoms with Gasteiger partial charge in [-0.2, -0.15) is 0 Å². The van der Waals surface area contributed by atoms with Crippen LogP contribution < -0.4 is 9.47 Å². The lowest BCUT2D eigenvalue weighted by atomic mass is 10.1. The number of benzene rings is 3. The molecule has 8 nitrogen and oxygen atoms in total. The topological polar surface area (TPSA) is 127 Å². The predicted octanol–water partition coefficient (Wildman–Crippen LogP) is 3.94. The van der Waals surface area contributed by atoms with Crippen molar-refractivity contribution < 1.29 is 38.9 Å². The minimum atomic E-state index is -0.793. The summed E-state index contributed by atoms with van der Waals surface area (Å²) in [6.45, 7) is 2.59. The van der Waals surface area contributed by atoms with Gasteiger partial charge in [0.05, 0.1) is 22.3 Å². The van der Waals surface area contributed by atoms with E-state index in [-0.39, 0.29) is 56.8 Å². The molecule has 0 saturated carbocycles. The van der Waals surface area contributed by atoms with Crippen LogP contribution in [0.5, 0.6) is 23.0 Å². The van der Waals surface area contributed by atoms with Gasteiger partial charge in [0.2, 0.25) is 0 Å². The van der Waals surface area contributed by atoms with Gasteiger partial charge in [0.15, 0.2) is 11.6 Å². The van der Waals surface area contributed by atoms with Crippen molar-refractivity contribution in [2.45, 2.75) is 13.8 Å². The third-order valence-corrected chi connectivity index (χ3v) is 4.45. The maximum absolute atomic E-state index is 12.4. The van der Waals surface area contributed by atoms with E-state index >= 15 is 0 Å². The molecule has 0 unspecified atom stereocenters. The molecule has 0 aliphatic heterocycles. The molecular formula is C24H18O8. The summed E-state index contributed by atoms with van der Waals surface area (Å²) in [4.78, 5) is 47.6. The summed E-state index contributed by atoms with van der Waals surface area (Å²) in [6.07, 6.45) is 0. The Labute approximate surface area is 182 Å². The van der Waals surface area contributed by atoms with Gasteiger partial charge in [-0.25, -0.2) is 9.59 Å². The molecule has 0 amide bonds. The van der Waals surface area contributed by atoms with Crippen LogP contribution in [0, 0.1) is 0 Å². The number of esters is 2. The fourth-order valence-corrected chi connectivity index (χ4v) is 2.85. The zero-order chi connectivity index (χ0) is 23.4. The number of ether oxygens (including phenoxy) is 2. The second kappa shape index (κ2) is 9.13. The van der Waals surface area contributed by atoms with E-state index in [0.717, 1.165) is 12.1 Å². The van der Waals surface area contributed by atoms with E-state index in [1.165, 1.54) is 62.4 Å². The Bertz CT molecular complexity index is 1150. The SMILES string of the molecule is CC(=O)c1ccc(OC(=O)c2cccc(C(=O)Oc3ccc(C(C)=O)c(O)c3)c2)cc1O. The fraction of sp³-hybridized carbons (Fsp3) is 0.0833. The van der Waals surface area contributed by atoms with Crippen LogP contribution in [0.3, 0.4) is 0 Å². The number of phenolic OH excluding ortho intramolecular Hbond substituents is 2. The van der Waals surface area contributed by atoms with Crippen LogP contribution >= 0.6 is 0 Å². The Morgan fingerprint density at radius 3 is 1.38 bits per heavy atom. The molecule has 3 aromatic carbocycles. The molecule has 0 aliphatic rings. The van der Waals surface area contributed by atoms with Crippen molar-refractivity contribution in [3.05, 3.63) is 82.9 Å². The number of Topliss-reactive ketones (excluding diaryl/α,β-unsaturated/α-hetero) is 2. The molecule has 0 fully saturated rings. The van der Waals surface area contributed by atoms with Crippen molar-refractivity contribution in [3.8, 4) is 23.0 Å². The molecule has 0 spiro atoms. The standard InChI is InChI=1S/C24H18O8/c1-13(25)19-8-6-17(11-21(19)27)31-23(29)15-4-3-5-16(10-15)24(30)32-18-7-9-20(14(2)26)22(28)12-18/h3-12,27-28H,1-2H3. The van der Waals surface area contributed by atoms with Gasteiger partial charge in [0.25, 0.3) is 0 Å². The lowest BCUT2D eigenvalue weighted by Crippen LogP contribution is -2.12. The van der Waals surface area contributed by atoms with Crippen molar-refractivity contribution in [1.29, 1.82) is 0 Å². The molecule has 8 heteroatoms. The fourth-order valence-electron chi connectivity index (χ4n) is 2.85. The normalized spacial score (nSPS) is 10.3. The molecule has 0 aromatic heterocycles. The summed E-state index contributed by atoms with van der Waals surface area (Å²) in [5.74, 6) is -2.86. The summed E-state index contributed by atoms with van der Waals surface area (Å²) in [5, 5.41) is 19.7. The Hall–Kier alpha value is -4.46. The maximum Gasteiger partial charge on any atom is 0.343 e. The van der Waals surface area contributed by atoms with E-state index in [2.05, 4.69) is 0 Å². The zero-order valence-electron chi connectivity index (χ0n) is 17.1. The first-order valence-corrected chi connectivity index (χ1v) is 9.38. The van der Waals surface area contributed by atoms with Crippen molar-refractivity contribution in [2.24, 2.45) is 0 Å². The molecule has 0 bridgehead atoms. The van der Waals surface area contributed by atoms with Crippen LogP contribution in [-0.2, 0) is 0 Å². The molecule has 0 aliphatic carbocycles. The molecule has 162 valence electrons. The summed E-state index contributed by atoms with van der Waals surface area (Å²) >= 11 is 0. The van der Waals surface area contributed by atoms with Crippen LogP contribution in [0.2, 0.25) is 0 Å². The molecule has 3 aromatic rings. The quantitative estimate of drug-likeness (QED) is 0.339. The first-order valence-electron chi connectivity index (χ1n) is 9.38. The van der Waals surface area contributed by atoms with Crippen LogP contribution in [-0.4, -0.2) is 33.7 Å². The summed E-state index contributed by atoms with van der Waals surface area (Å²) < 4.78 is 10.4. The van der Waals surface area contributed by atoms with E-state index in [1.807, 2.05) is 0 Å². The Morgan fingerprint density at radius 2 is 1.03 bits per heavy atom. The number of aromatic hydroxyl groups is 2. The maximum atomic E-state index is 12.4. The second-order valence-corrected chi connectivity index (χ2v) is 6.83. The molecule has 0 saturated heterocycles. The minimum Gasteiger partial charge on any atom is -0.507 e. The van der Waals surface area contributed by atoms with E-state index in [0.29, 0.717) is 0 Å². The summed E-state index contributed by atoms with van der Waals surface area (Å²) in [5.41, 5.74) is 0.280. The number of hydrogen-bond acceptors (Lipinski definition) is 8. The first-order chi connectivity index (χ1) is 15.2. The van der Waals surface area contributed by atoms with Gasteiger partial charge in [-0.1, -0.05) is 6.07 Å². The highest BCUT2D eigenvalue weighted by atomic mass is 16.5.